The summed E-state index contributed by atoms with van der Waals surface area (Å²) in [6.07, 6.45) is 1.50. The van der Waals surface area contributed by atoms with Crippen molar-refractivity contribution in [1.29, 1.82) is 0 Å². The maximum Gasteiger partial charge on any atom is 0.336 e. The molecule has 1 aromatic carbocycles. The topological polar surface area (TPSA) is 74.7 Å². The van der Waals surface area contributed by atoms with Crippen LogP contribution in [0.4, 0.5) is 0 Å². The Labute approximate surface area is 132 Å². The van der Waals surface area contributed by atoms with E-state index in [0.29, 0.717) is 3.57 Å². The van der Waals surface area contributed by atoms with E-state index in [0.717, 1.165) is 0 Å². The van der Waals surface area contributed by atoms with Gasteiger partial charge in [-0.3, -0.25) is 0 Å². The molecule has 7 heteroatoms. The highest BCUT2D eigenvalue weighted by Gasteiger charge is 2.27. The third-order valence-electron chi connectivity index (χ3n) is 2.66. The number of benzene rings is 1. The van der Waals surface area contributed by atoms with Crippen molar-refractivity contribution in [1.82, 2.24) is 4.31 Å². The van der Waals surface area contributed by atoms with E-state index in [1.807, 2.05) is 22.6 Å². The first kappa shape index (κ1) is 17.1. The SMILES string of the molecule is C=CCN(C(C)C)S(=O)(=O)c1ccc(I)c(C(=O)O)c1. The van der Waals surface area contributed by atoms with E-state index in [1.165, 1.54) is 28.6 Å². The number of aromatic carboxylic acids is 1. The molecule has 0 saturated carbocycles. The number of carboxylic acids is 1. The maximum absolute atomic E-state index is 12.5. The minimum Gasteiger partial charge on any atom is -0.478 e. The second-order valence-electron chi connectivity index (χ2n) is 4.40. The second-order valence-corrected chi connectivity index (χ2v) is 7.46. The van der Waals surface area contributed by atoms with Crippen molar-refractivity contribution in [3.63, 3.8) is 0 Å². The Kier molecular flexibility index (Phi) is 5.72. The van der Waals surface area contributed by atoms with Crippen LogP contribution >= 0.6 is 22.6 Å². The van der Waals surface area contributed by atoms with Crippen LogP contribution in [0.25, 0.3) is 0 Å². The van der Waals surface area contributed by atoms with Gasteiger partial charge in [0.15, 0.2) is 0 Å². The molecule has 20 heavy (non-hydrogen) atoms. The number of halogens is 1. The number of carboxylic acid groups (broad SMARTS) is 1. The summed E-state index contributed by atoms with van der Waals surface area (Å²) in [7, 11) is -3.74. The summed E-state index contributed by atoms with van der Waals surface area (Å²) in [4.78, 5) is 11.1. The van der Waals surface area contributed by atoms with E-state index < -0.39 is 16.0 Å². The van der Waals surface area contributed by atoms with E-state index in [1.54, 1.807) is 13.8 Å². The molecule has 0 aromatic heterocycles. The zero-order valence-corrected chi connectivity index (χ0v) is 14.2. The number of hydrogen-bond donors (Lipinski definition) is 1. The molecule has 0 atom stereocenters. The Bertz CT molecular complexity index is 625. The lowest BCUT2D eigenvalue weighted by atomic mass is 10.2. The molecule has 0 amide bonds. The van der Waals surface area contributed by atoms with Crippen molar-refractivity contribution >= 4 is 38.6 Å². The number of rotatable bonds is 6. The summed E-state index contributed by atoms with van der Waals surface area (Å²) in [6, 6.07) is 3.86. The maximum atomic E-state index is 12.5. The summed E-state index contributed by atoms with van der Waals surface area (Å²) in [5.74, 6) is -1.15. The Hall–Kier alpha value is -0.930. The normalized spacial score (nSPS) is 11.8. The first-order valence-corrected chi connectivity index (χ1v) is 8.39. The third kappa shape index (κ3) is 3.58. The Morgan fingerprint density at radius 1 is 1.50 bits per heavy atom. The minimum absolute atomic E-state index is 0.0195. The summed E-state index contributed by atoms with van der Waals surface area (Å²) in [6.45, 7) is 7.24. The van der Waals surface area contributed by atoms with Crippen LogP contribution in [0.5, 0.6) is 0 Å². The Morgan fingerprint density at radius 3 is 2.55 bits per heavy atom. The molecule has 0 saturated heterocycles. The molecule has 0 aliphatic rings. The van der Waals surface area contributed by atoms with Gasteiger partial charge in [-0.25, -0.2) is 13.2 Å². The van der Waals surface area contributed by atoms with Crippen LogP contribution in [-0.2, 0) is 10.0 Å². The van der Waals surface area contributed by atoms with Crippen molar-refractivity contribution in [2.75, 3.05) is 6.54 Å². The quantitative estimate of drug-likeness (QED) is 0.579. The van der Waals surface area contributed by atoms with E-state index in [2.05, 4.69) is 6.58 Å². The minimum atomic E-state index is -3.74. The van der Waals surface area contributed by atoms with Crippen molar-refractivity contribution in [3.8, 4) is 0 Å². The zero-order chi connectivity index (χ0) is 15.5. The molecule has 0 aliphatic heterocycles. The average molecular weight is 409 g/mol. The Morgan fingerprint density at radius 2 is 2.10 bits per heavy atom. The molecule has 1 aromatic rings. The van der Waals surface area contributed by atoms with Crippen LogP contribution in [-0.4, -0.2) is 36.4 Å². The van der Waals surface area contributed by atoms with Crippen LogP contribution in [0, 0.1) is 3.57 Å². The number of sulfonamides is 1. The van der Waals surface area contributed by atoms with Gasteiger partial charge in [-0.2, -0.15) is 4.31 Å². The molecular weight excluding hydrogens is 393 g/mol. The van der Waals surface area contributed by atoms with Gasteiger partial charge in [-0.05, 0) is 54.6 Å². The summed E-state index contributed by atoms with van der Waals surface area (Å²) in [5.41, 5.74) is -0.0195. The van der Waals surface area contributed by atoms with Gasteiger partial charge >= 0.3 is 5.97 Å². The summed E-state index contributed by atoms with van der Waals surface area (Å²) >= 11 is 1.86. The van der Waals surface area contributed by atoms with E-state index in [4.69, 9.17) is 5.11 Å². The van der Waals surface area contributed by atoms with Crippen LogP contribution in [0.2, 0.25) is 0 Å². The smallest absolute Gasteiger partial charge is 0.336 e. The van der Waals surface area contributed by atoms with E-state index in [-0.39, 0.29) is 23.0 Å². The Balaban J connectivity index is 3.38. The van der Waals surface area contributed by atoms with Crippen LogP contribution < -0.4 is 0 Å². The standard InChI is InChI=1S/C13H16INO4S/c1-4-7-15(9(2)3)20(18,19)10-5-6-12(14)11(8-10)13(16)17/h4-6,8-9H,1,7H2,2-3H3,(H,16,17). The van der Waals surface area contributed by atoms with Crippen LogP contribution in [0.1, 0.15) is 24.2 Å². The van der Waals surface area contributed by atoms with Crippen LogP contribution in [0.3, 0.4) is 0 Å². The molecule has 1 rings (SSSR count). The number of hydrogen-bond acceptors (Lipinski definition) is 3. The molecule has 0 fully saturated rings. The highest BCUT2D eigenvalue weighted by atomic mass is 127. The fourth-order valence-electron chi connectivity index (χ4n) is 1.68. The average Bonchev–Trinajstić information content (AvgIpc) is 2.35. The molecule has 0 aliphatic carbocycles. The first-order valence-electron chi connectivity index (χ1n) is 5.87. The lowest BCUT2D eigenvalue weighted by molar-refractivity contribution is 0.0695. The zero-order valence-electron chi connectivity index (χ0n) is 11.2. The largest absolute Gasteiger partial charge is 0.478 e. The van der Waals surface area contributed by atoms with Gasteiger partial charge in [-0.1, -0.05) is 6.08 Å². The molecule has 0 heterocycles. The van der Waals surface area contributed by atoms with E-state index in [9.17, 15) is 13.2 Å². The molecule has 1 N–H and O–H groups in total. The second kappa shape index (κ2) is 6.68. The first-order chi connectivity index (χ1) is 9.21. The number of nitrogens with zero attached hydrogens (tertiary/aromatic N) is 1. The van der Waals surface area contributed by atoms with E-state index >= 15 is 0 Å². The lowest BCUT2D eigenvalue weighted by Crippen LogP contribution is -2.37. The number of carbonyl (C=O) groups is 1. The molecule has 5 nitrogen and oxygen atoms in total. The van der Waals surface area contributed by atoms with Gasteiger partial charge in [0.1, 0.15) is 0 Å². The molecule has 0 spiro atoms. The third-order valence-corrected chi connectivity index (χ3v) is 5.64. The van der Waals surface area contributed by atoms with Crippen molar-refractivity contribution in [2.24, 2.45) is 0 Å². The van der Waals surface area contributed by atoms with Crippen molar-refractivity contribution in [3.05, 3.63) is 40.0 Å². The fraction of sp³-hybridized carbons (Fsp3) is 0.308. The van der Waals surface area contributed by atoms with Gasteiger partial charge < -0.3 is 5.11 Å². The van der Waals surface area contributed by atoms with Crippen molar-refractivity contribution in [2.45, 2.75) is 24.8 Å². The predicted molar refractivity (Wildman–Crippen MR) is 85.3 cm³/mol. The van der Waals surface area contributed by atoms with Gasteiger partial charge in [0, 0.05) is 16.2 Å². The molecule has 0 bridgehead atoms. The monoisotopic (exact) mass is 409 g/mol. The highest BCUT2D eigenvalue weighted by Crippen LogP contribution is 2.22. The van der Waals surface area contributed by atoms with Gasteiger partial charge in [-0.15, -0.1) is 6.58 Å². The highest BCUT2D eigenvalue weighted by molar-refractivity contribution is 14.1. The lowest BCUT2D eigenvalue weighted by Gasteiger charge is -2.24. The molecule has 0 unspecified atom stereocenters. The van der Waals surface area contributed by atoms with Gasteiger partial charge in [0.25, 0.3) is 0 Å². The molecular formula is C13H16INO4S. The molecule has 0 radical (unpaired) electrons. The summed E-state index contributed by atoms with van der Waals surface area (Å²) < 4.78 is 26.8. The fourth-order valence-corrected chi connectivity index (χ4v) is 3.88. The van der Waals surface area contributed by atoms with Gasteiger partial charge in [0.2, 0.25) is 10.0 Å². The summed E-state index contributed by atoms with van der Waals surface area (Å²) in [5, 5.41) is 9.08. The van der Waals surface area contributed by atoms with Crippen LogP contribution in [0.15, 0.2) is 35.7 Å². The predicted octanol–water partition coefficient (Wildman–Crippen LogP) is 2.57. The molecule has 110 valence electrons. The van der Waals surface area contributed by atoms with Gasteiger partial charge in [0.05, 0.1) is 10.5 Å². The van der Waals surface area contributed by atoms with Crippen molar-refractivity contribution < 1.29 is 18.3 Å².